The standard InChI is InChI=1S/C22H25NO3.ClH/c1-2-25-22(24)16-26-21-13-10-18-8-11-20(12-9-19(18)14-21)23-15-17-6-4-3-5-7-17;/h3-7,9-10,12-14,20,23H,2,8,11,15-16H2,1H3;1H. The maximum absolute atomic E-state index is 11.4. The number of fused-ring (bicyclic) bond motifs is 1. The van der Waals surface area contributed by atoms with E-state index < -0.39 is 0 Å². The number of hydrogen-bond acceptors (Lipinski definition) is 4. The molecule has 3 rings (SSSR count). The Kier molecular flexibility index (Phi) is 8.37. The van der Waals surface area contributed by atoms with E-state index >= 15 is 0 Å². The Bertz CT molecular complexity index is 761. The Hall–Kier alpha value is -2.30. The van der Waals surface area contributed by atoms with Crippen LogP contribution in [0.15, 0.2) is 54.6 Å². The Balaban J connectivity index is 0.00000261. The summed E-state index contributed by atoms with van der Waals surface area (Å²) in [6, 6.07) is 16.8. The third kappa shape index (κ3) is 6.42. The van der Waals surface area contributed by atoms with Gasteiger partial charge in [-0.25, -0.2) is 4.79 Å². The maximum atomic E-state index is 11.4. The van der Waals surface area contributed by atoms with Crippen molar-refractivity contribution < 1.29 is 14.3 Å². The van der Waals surface area contributed by atoms with Crippen LogP contribution in [-0.4, -0.2) is 25.2 Å². The summed E-state index contributed by atoms with van der Waals surface area (Å²) in [7, 11) is 0. The van der Waals surface area contributed by atoms with Gasteiger partial charge in [-0.1, -0.05) is 48.6 Å². The van der Waals surface area contributed by atoms with Gasteiger partial charge in [0.25, 0.3) is 0 Å². The van der Waals surface area contributed by atoms with Gasteiger partial charge >= 0.3 is 5.97 Å². The molecule has 0 spiro atoms. The number of aryl methyl sites for hydroxylation is 1. The second kappa shape index (κ2) is 10.8. The van der Waals surface area contributed by atoms with Crippen molar-refractivity contribution in [1.82, 2.24) is 5.32 Å². The molecule has 144 valence electrons. The molecule has 27 heavy (non-hydrogen) atoms. The van der Waals surface area contributed by atoms with E-state index in [0.717, 1.165) is 24.9 Å². The normalized spacial score (nSPS) is 15.2. The summed E-state index contributed by atoms with van der Waals surface area (Å²) in [4.78, 5) is 11.4. The highest BCUT2D eigenvalue weighted by Gasteiger charge is 2.12. The Morgan fingerprint density at radius 2 is 2.00 bits per heavy atom. The van der Waals surface area contributed by atoms with Crippen LogP contribution in [0.1, 0.15) is 30.0 Å². The van der Waals surface area contributed by atoms with Gasteiger partial charge in [-0.2, -0.15) is 0 Å². The number of hydrogen-bond donors (Lipinski definition) is 1. The SMILES string of the molecule is CCOC(=O)COc1ccc2c(c1)C=CC(NCc1ccccc1)CC2.Cl. The molecule has 0 radical (unpaired) electrons. The van der Waals surface area contributed by atoms with Gasteiger partial charge in [0.1, 0.15) is 5.75 Å². The molecule has 1 N–H and O–H groups in total. The summed E-state index contributed by atoms with van der Waals surface area (Å²) in [5.74, 6) is 0.348. The van der Waals surface area contributed by atoms with Gasteiger partial charge in [0.15, 0.2) is 6.61 Å². The molecule has 2 aromatic carbocycles. The topological polar surface area (TPSA) is 47.6 Å². The van der Waals surface area contributed by atoms with Gasteiger partial charge in [-0.15, -0.1) is 12.4 Å². The minimum absolute atomic E-state index is 0. The number of halogens is 1. The predicted octanol–water partition coefficient (Wildman–Crippen LogP) is 4.17. The van der Waals surface area contributed by atoms with Crippen molar-refractivity contribution in [3.05, 3.63) is 71.3 Å². The van der Waals surface area contributed by atoms with Gasteiger partial charge in [-0.05, 0) is 48.6 Å². The summed E-state index contributed by atoms with van der Waals surface area (Å²) < 4.78 is 10.4. The largest absolute Gasteiger partial charge is 0.482 e. The van der Waals surface area contributed by atoms with Crippen molar-refractivity contribution in [3.8, 4) is 5.75 Å². The molecule has 1 atom stereocenters. The fourth-order valence-electron chi connectivity index (χ4n) is 3.03. The van der Waals surface area contributed by atoms with Gasteiger partial charge < -0.3 is 14.8 Å². The number of nitrogens with one attached hydrogen (secondary N) is 1. The molecule has 1 aliphatic rings. The highest BCUT2D eigenvalue weighted by molar-refractivity contribution is 5.85. The lowest BCUT2D eigenvalue weighted by atomic mass is 10.0. The highest BCUT2D eigenvalue weighted by Crippen LogP contribution is 2.24. The Morgan fingerprint density at radius 3 is 2.78 bits per heavy atom. The van der Waals surface area contributed by atoms with E-state index in [1.54, 1.807) is 6.92 Å². The lowest BCUT2D eigenvalue weighted by Crippen LogP contribution is -2.26. The van der Waals surface area contributed by atoms with E-state index in [9.17, 15) is 4.79 Å². The van der Waals surface area contributed by atoms with E-state index in [2.05, 4.69) is 47.8 Å². The zero-order chi connectivity index (χ0) is 18.2. The zero-order valence-corrected chi connectivity index (χ0v) is 16.3. The van der Waals surface area contributed by atoms with Crippen molar-refractivity contribution in [1.29, 1.82) is 0 Å². The number of esters is 1. The molecule has 0 amide bonds. The molecule has 0 saturated heterocycles. The molecule has 0 heterocycles. The van der Waals surface area contributed by atoms with Crippen LogP contribution in [0.25, 0.3) is 6.08 Å². The maximum Gasteiger partial charge on any atom is 0.344 e. The highest BCUT2D eigenvalue weighted by atomic mass is 35.5. The molecule has 0 saturated carbocycles. The molecule has 5 heteroatoms. The van der Waals surface area contributed by atoms with E-state index in [-0.39, 0.29) is 25.0 Å². The fraction of sp³-hybridized carbons (Fsp3) is 0.318. The van der Waals surface area contributed by atoms with Crippen LogP contribution in [0.4, 0.5) is 0 Å². The minimum atomic E-state index is -0.344. The van der Waals surface area contributed by atoms with Crippen LogP contribution >= 0.6 is 12.4 Å². The summed E-state index contributed by atoms with van der Waals surface area (Å²) >= 11 is 0. The zero-order valence-electron chi connectivity index (χ0n) is 15.5. The molecular weight excluding hydrogens is 362 g/mol. The molecule has 1 unspecified atom stereocenters. The first kappa shape index (κ1) is 21.0. The summed E-state index contributed by atoms with van der Waals surface area (Å²) in [5.41, 5.74) is 3.74. The van der Waals surface area contributed by atoms with E-state index in [1.165, 1.54) is 11.1 Å². The first-order valence-electron chi connectivity index (χ1n) is 9.11. The van der Waals surface area contributed by atoms with E-state index in [4.69, 9.17) is 9.47 Å². The molecular formula is C22H26ClNO3. The average molecular weight is 388 g/mol. The average Bonchev–Trinajstić information content (AvgIpc) is 2.88. The van der Waals surface area contributed by atoms with Crippen LogP contribution < -0.4 is 10.1 Å². The summed E-state index contributed by atoms with van der Waals surface area (Å²) in [5, 5.41) is 3.60. The van der Waals surface area contributed by atoms with Gasteiger partial charge in [0.05, 0.1) is 6.61 Å². The third-order valence-corrected chi connectivity index (χ3v) is 4.42. The van der Waals surface area contributed by atoms with Crippen molar-refractivity contribution in [3.63, 3.8) is 0 Å². The van der Waals surface area contributed by atoms with Crippen molar-refractivity contribution in [2.24, 2.45) is 0 Å². The van der Waals surface area contributed by atoms with Crippen molar-refractivity contribution in [2.45, 2.75) is 32.4 Å². The van der Waals surface area contributed by atoms with Gasteiger partial charge in [-0.3, -0.25) is 0 Å². The summed E-state index contributed by atoms with van der Waals surface area (Å²) in [6.07, 6.45) is 6.42. The third-order valence-electron chi connectivity index (χ3n) is 4.42. The fourth-order valence-corrected chi connectivity index (χ4v) is 3.03. The molecule has 0 aliphatic heterocycles. The van der Waals surface area contributed by atoms with Crippen LogP contribution in [0, 0.1) is 0 Å². The second-order valence-electron chi connectivity index (χ2n) is 6.33. The van der Waals surface area contributed by atoms with Crippen molar-refractivity contribution in [2.75, 3.05) is 13.2 Å². The van der Waals surface area contributed by atoms with E-state index in [1.807, 2.05) is 18.2 Å². The quantitative estimate of drug-likeness (QED) is 0.724. The van der Waals surface area contributed by atoms with Crippen LogP contribution in [0.5, 0.6) is 5.75 Å². The first-order valence-corrected chi connectivity index (χ1v) is 9.11. The van der Waals surface area contributed by atoms with Gasteiger partial charge in [0, 0.05) is 12.6 Å². The van der Waals surface area contributed by atoms with Crippen LogP contribution in [0.3, 0.4) is 0 Å². The summed E-state index contributed by atoms with van der Waals surface area (Å²) in [6.45, 7) is 2.96. The molecule has 1 aliphatic carbocycles. The predicted molar refractivity (Wildman–Crippen MR) is 110 cm³/mol. The number of rotatable bonds is 7. The van der Waals surface area contributed by atoms with E-state index in [0.29, 0.717) is 18.4 Å². The molecule has 4 nitrogen and oxygen atoms in total. The van der Waals surface area contributed by atoms with Crippen LogP contribution in [0.2, 0.25) is 0 Å². The Morgan fingerprint density at radius 1 is 1.19 bits per heavy atom. The lowest BCUT2D eigenvalue weighted by molar-refractivity contribution is -0.145. The molecule has 0 bridgehead atoms. The van der Waals surface area contributed by atoms with Gasteiger partial charge in [0.2, 0.25) is 0 Å². The molecule has 0 aromatic heterocycles. The number of carbonyl (C=O) groups excluding carboxylic acids is 1. The molecule has 2 aromatic rings. The number of benzene rings is 2. The number of carbonyl (C=O) groups is 1. The minimum Gasteiger partial charge on any atom is -0.482 e. The number of ether oxygens (including phenoxy) is 2. The second-order valence-corrected chi connectivity index (χ2v) is 6.33. The van der Waals surface area contributed by atoms with Crippen molar-refractivity contribution >= 4 is 24.5 Å². The first-order chi connectivity index (χ1) is 12.7. The van der Waals surface area contributed by atoms with Crippen LogP contribution in [-0.2, 0) is 22.5 Å². The monoisotopic (exact) mass is 387 g/mol. The molecule has 0 fully saturated rings. The smallest absolute Gasteiger partial charge is 0.344 e. The Labute approximate surface area is 167 Å². The lowest BCUT2D eigenvalue weighted by Gasteiger charge is -2.13.